The van der Waals surface area contributed by atoms with Crippen molar-refractivity contribution in [3.63, 3.8) is 0 Å². The lowest BCUT2D eigenvalue weighted by Crippen LogP contribution is -2.01. The summed E-state index contributed by atoms with van der Waals surface area (Å²) in [4.78, 5) is 14.1. The maximum Gasteiger partial charge on any atom is 0.354 e. The molecule has 0 atom stereocenters. The molecule has 2 rings (SSSR count). The van der Waals surface area contributed by atoms with Gasteiger partial charge in [-0.15, -0.1) is 0 Å². The van der Waals surface area contributed by atoms with E-state index in [-0.39, 0.29) is 5.97 Å². The summed E-state index contributed by atoms with van der Waals surface area (Å²) in [5.74, 6) is 0.494. The fraction of sp³-hybridized carbons (Fsp3) is 0.182. The highest BCUT2D eigenvalue weighted by Gasteiger charge is 2.08. The molecule has 2 aromatic heterocycles. The number of nitrogens with one attached hydrogen (secondary N) is 1. The number of carbonyl (C=O) groups excluding carboxylic acids is 1. The maximum absolute atomic E-state index is 11.2. The second kappa shape index (κ2) is 4.04. The number of hydrogen-bond acceptors (Lipinski definition) is 3. The van der Waals surface area contributed by atoms with Crippen LogP contribution >= 0.6 is 0 Å². The van der Waals surface area contributed by atoms with Gasteiger partial charge in [0.25, 0.3) is 0 Å². The predicted molar refractivity (Wildman–Crippen MR) is 53.6 cm³/mol. The highest BCUT2D eigenvalue weighted by Crippen LogP contribution is 2.10. The molecule has 0 saturated carbocycles. The Bertz CT molecular complexity index is 442. The number of aromatic nitrogens is 1. The zero-order valence-electron chi connectivity index (χ0n) is 8.32. The first kappa shape index (κ1) is 9.58. The average molecular weight is 205 g/mol. The SMILES string of the molecule is COC(=O)c1ccc(Cc2ccco2)[nH]1. The van der Waals surface area contributed by atoms with Gasteiger partial charge in [-0.3, -0.25) is 0 Å². The monoisotopic (exact) mass is 205 g/mol. The number of rotatable bonds is 3. The van der Waals surface area contributed by atoms with Crippen LogP contribution in [0.5, 0.6) is 0 Å². The Morgan fingerprint density at radius 3 is 3.00 bits per heavy atom. The van der Waals surface area contributed by atoms with Crippen molar-refractivity contribution >= 4 is 5.97 Å². The van der Waals surface area contributed by atoms with Gasteiger partial charge < -0.3 is 14.1 Å². The van der Waals surface area contributed by atoms with Gasteiger partial charge >= 0.3 is 5.97 Å². The quantitative estimate of drug-likeness (QED) is 0.779. The van der Waals surface area contributed by atoms with Crippen LogP contribution in [0.25, 0.3) is 0 Å². The predicted octanol–water partition coefficient (Wildman–Crippen LogP) is 1.99. The van der Waals surface area contributed by atoms with Crippen LogP contribution in [0.15, 0.2) is 34.9 Å². The Labute approximate surface area is 86.9 Å². The van der Waals surface area contributed by atoms with Crippen LogP contribution in [-0.2, 0) is 11.2 Å². The summed E-state index contributed by atoms with van der Waals surface area (Å²) in [6.07, 6.45) is 2.27. The smallest absolute Gasteiger partial charge is 0.354 e. The summed E-state index contributed by atoms with van der Waals surface area (Å²) in [5.41, 5.74) is 1.38. The first-order valence-electron chi connectivity index (χ1n) is 4.58. The molecule has 0 radical (unpaired) electrons. The summed E-state index contributed by atoms with van der Waals surface area (Å²) in [6.45, 7) is 0. The molecule has 0 amide bonds. The van der Waals surface area contributed by atoms with Gasteiger partial charge in [-0.25, -0.2) is 4.79 Å². The third kappa shape index (κ3) is 2.10. The molecule has 4 nitrogen and oxygen atoms in total. The van der Waals surface area contributed by atoms with E-state index in [0.29, 0.717) is 12.1 Å². The van der Waals surface area contributed by atoms with Gasteiger partial charge in [-0.1, -0.05) is 0 Å². The van der Waals surface area contributed by atoms with Crippen LogP contribution in [0, 0.1) is 0 Å². The lowest BCUT2D eigenvalue weighted by atomic mass is 10.2. The molecular weight excluding hydrogens is 194 g/mol. The van der Waals surface area contributed by atoms with Gasteiger partial charge in [0.1, 0.15) is 11.5 Å². The van der Waals surface area contributed by atoms with Crippen LogP contribution in [-0.4, -0.2) is 18.1 Å². The van der Waals surface area contributed by atoms with Gasteiger partial charge in [0, 0.05) is 12.1 Å². The molecule has 0 aliphatic rings. The summed E-state index contributed by atoms with van der Waals surface area (Å²) in [5, 5.41) is 0. The van der Waals surface area contributed by atoms with Crippen molar-refractivity contribution in [2.75, 3.05) is 7.11 Å². The normalized spacial score (nSPS) is 10.2. The Kier molecular flexibility index (Phi) is 2.58. The molecule has 0 fully saturated rings. The van der Waals surface area contributed by atoms with E-state index in [1.54, 1.807) is 12.3 Å². The van der Waals surface area contributed by atoms with E-state index in [1.807, 2.05) is 18.2 Å². The highest BCUT2D eigenvalue weighted by atomic mass is 16.5. The van der Waals surface area contributed by atoms with Crippen molar-refractivity contribution in [3.8, 4) is 0 Å². The fourth-order valence-corrected chi connectivity index (χ4v) is 1.37. The molecule has 78 valence electrons. The van der Waals surface area contributed by atoms with Crippen LogP contribution in [0.1, 0.15) is 21.9 Å². The minimum Gasteiger partial charge on any atom is -0.469 e. The van der Waals surface area contributed by atoms with Crippen molar-refractivity contribution in [2.24, 2.45) is 0 Å². The molecule has 0 aliphatic carbocycles. The maximum atomic E-state index is 11.2. The Balaban J connectivity index is 2.11. The van der Waals surface area contributed by atoms with Crippen molar-refractivity contribution in [1.29, 1.82) is 0 Å². The Morgan fingerprint density at radius 1 is 1.47 bits per heavy atom. The second-order valence-corrected chi connectivity index (χ2v) is 3.14. The van der Waals surface area contributed by atoms with E-state index in [9.17, 15) is 4.79 Å². The summed E-state index contributed by atoms with van der Waals surface area (Å²) in [6, 6.07) is 7.26. The van der Waals surface area contributed by atoms with E-state index in [1.165, 1.54) is 7.11 Å². The lowest BCUT2D eigenvalue weighted by molar-refractivity contribution is 0.0594. The lowest BCUT2D eigenvalue weighted by Gasteiger charge is -1.95. The third-order valence-corrected chi connectivity index (χ3v) is 2.10. The molecule has 1 N–H and O–H groups in total. The molecule has 0 bridgehead atoms. The molecule has 0 aromatic carbocycles. The first-order chi connectivity index (χ1) is 7.29. The number of aromatic amines is 1. The van der Waals surface area contributed by atoms with E-state index in [0.717, 1.165) is 11.5 Å². The number of H-pyrrole nitrogens is 1. The van der Waals surface area contributed by atoms with Gasteiger partial charge in [-0.05, 0) is 24.3 Å². The summed E-state index contributed by atoms with van der Waals surface area (Å²) >= 11 is 0. The first-order valence-corrected chi connectivity index (χ1v) is 4.58. The number of esters is 1. The van der Waals surface area contributed by atoms with E-state index < -0.39 is 0 Å². The van der Waals surface area contributed by atoms with Gasteiger partial charge in [0.2, 0.25) is 0 Å². The van der Waals surface area contributed by atoms with Crippen molar-refractivity contribution in [1.82, 2.24) is 4.98 Å². The topological polar surface area (TPSA) is 55.2 Å². The van der Waals surface area contributed by atoms with Gasteiger partial charge in [-0.2, -0.15) is 0 Å². The highest BCUT2D eigenvalue weighted by molar-refractivity contribution is 5.87. The van der Waals surface area contributed by atoms with Crippen molar-refractivity contribution in [3.05, 3.63) is 47.7 Å². The van der Waals surface area contributed by atoms with Crippen LogP contribution in [0.2, 0.25) is 0 Å². The summed E-state index contributed by atoms with van der Waals surface area (Å²) < 4.78 is 9.79. The number of ether oxygens (including phenoxy) is 1. The molecule has 2 aromatic rings. The molecule has 0 unspecified atom stereocenters. The van der Waals surface area contributed by atoms with Gasteiger partial charge in [0.05, 0.1) is 13.4 Å². The fourth-order valence-electron chi connectivity index (χ4n) is 1.37. The summed E-state index contributed by atoms with van der Waals surface area (Å²) in [7, 11) is 1.36. The Morgan fingerprint density at radius 2 is 2.33 bits per heavy atom. The molecular formula is C11H11NO3. The number of methoxy groups -OCH3 is 1. The molecule has 0 spiro atoms. The minimum absolute atomic E-state index is 0.360. The molecule has 4 heteroatoms. The van der Waals surface area contributed by atoms with Crippen LogP contribution < -0.4 is 0 Å². The molecule has 0 saturated heterocycles. The van der Waals surface area contributed by atoms with E-state index in [4.69, 9.17) is 4.42 Å². The largest absolute Gasteiger partial charge is 0.469 e. The third-order valence-electron chi connectivity index (χ3n) is 2.10. The van der Waals surface area contributed by atoms with E-state index in [2.05, 4.69) is 9.72 Å². The van der Waals surface area contributed by atoms with Crippen molar-refractivity contribution < 1.29 is 13.9 Å². The average Bonchev–Trinajstić information content (AvgIpc) is 2.88. The van der Waals surface area contributed by atoms with Gasteiger partial charge in [0.15, 0.2) is 0 Å². The number of carbonyl (C=O) groups is 1. The van der Waals surface area contributed by atoms with Crippen LogP contribution in [0.3, 0.4) is 0 Å². The number of hydrogen-bond donors (Lipinski definition) is 1. The van der Waals surface area contributed by atoms with Crippen LogP contribution in [0.4, 0.5) is 0 Å². The Hall–Kier alpha value is -1.97. The zero-order valence-corrected chi connectivity index (χ0v) is 8.32. The molecule has 15 heavy (non-hydrogen) atoms. The van der Waals surface area contributed by atoms with Crippen molar-refractivity contribution in [2.45, 2.75) is 6.42 Å². The second-order valence-electron chi connectivity index (χ2n) is 3.14. The van der Waals surface area contributed by atoms with E-state index >= 15 is 0 Å². The standard InChI is InChI=1S/C11H11NO3/c1-14-11(13)10-5-4-8(12-10)7-9-3-2-6-15-9/h2-6,12H,7H2,1H3. The number of furan rings is 1. The molecule has 0 aliphatic heterocycles. The zero-order chi connectivity index (χ0) is 10.7. The minimum atomic E-state index is -0.360. The molecule has 2 heterocycles.